The molecule has 174 valence electrons. The largest absolute Gasteiger partial charge is 0.349 e. The zero-order valence-electron chi connectivity index (χ0n) is 20.2. The van der Waals surface area contributed by atoms with Gasteiger partial charge < -0.3 is 4.74 Å². The van der Waals surface area contributed by atoms with E-state index in [-0.39, 0.29) is 17.0 Å². The Morgan fingerprint density at radius 2 is 1.17 bits per heavy atom. The van der Waals surface area contributed by atoms with Gasteiger partial charge in [-0.2, -0.15) is 0 Å². The second kappa shape index (κ2) is 9.09. The van der Waals surface area contributed by atoms with Gasteiger partial charge in [-0.1, -0.05) is 124 Å². The van der Waals surface area contributed by atoms with Crippen LogP contribution in [0.4, 0.5) is 0 Å². The second-order valence-corrected chi connectivity index (χ2v) is 9.96. The first kappa shape index (κ1) is 22.9. The van der Waals surface area contributed by atoms with E-state index in [1.807, 2.05) is 42.5 Å². The highest BCUT2D eigenvalue weighted by Gasteiger charge is 2.39. The Balaban J connectivity index is 1.63. The maximum atomic E-state index is 13.7. The van der Waals surface area contributed by atoms with Gasteiger partial charge in [0.2, 0.25) is 0 Å². The van der Waals surface area contributed by atoms with Gasteiger partial charge in [-0.15, -0.1) is 0 Å². The highest BCUT2D eigenvalue weighted by atomic mass is 16.5. The van der Waals surface area contributed by atoms with E-state index in [0.717, 1.165) is 22.3 Å². The average molecular weight is 461 g/mol. The number of hydrogen-bond donors (Lipinski definition) is 0. The van der Waals surface area contributed by atoms with E-state index in [1.54, 1.807) is 48.5 Å². The van der Waals surface area contributed by atoms with Gasteiger partial charge >= 0.3 is 0 Å². The number of ketones is 2. The van der Waals surface area contributed by atoms with Gasteiger partial charge in [0.1, 0.15) is 6.10 Å². The van der Waals surface area contributed by atoms with Crippen molar-refractivity contribution in [2.45, 2.75) is 38.4 Å². The van der Waals surface area contributed by atoms with Gasteiger partial charge in [-0.3, -0.25) is 9.59 Å². The van der Waals surface area contributed by atoms with E-state index in [9.17, 15) is 9.59 Å². The second-order valence-electron chi connectivity index (χ2n) is 9.96. The maximum absolute atomic E-state index is 13.7. The van der Waals surface area contributed by atoms with Crippen LogP contribution in [0.1, 0.15) is 64.3 Å². The Kier molecular flexibility index (Phi) is 5.96. The third kappa shape index (κ3) is 4.24. The van der Waals surface area contributed by atoms with Gasteiger partial charge in [0.05, 0.1) is 0 Å². The molecule has 1 atom stereocenters. The summed E-state index contributed by atoms with van der Waals surface area (Å²) in [7, 11) is 0. The Bertz CT molecular complexity index is 1330. The van der Waals surface area contributed by atoms with Crippen molar-refractivity contribution in [1.29, 1.82) is 0 Å². The number of fused-ring (bicyclic) bond motifs is 3. The number of carbonyl (C=O) groups excluding carboxylic acids is 2. The minimum atomic E-state index is -1.26. The molecule has 0 amide bonds. The summed E-state index contributed by atoms with van der Waals surface area (Å²) in [6, 6.07) is 32.2. The molecule has 35 heavy (non-hydrogen) atoms. The molecule has 1 aliphatic rings. The van der Waals surface area contributed by atoms with Crippen LogP contribution < -0.4 is 0 Å². The lowest BCUT2D eigenvalue weighted by molar-refractivity contribution is 0.0168. The lowest BCUT2D eigenvalue weighted by atomic mass is 9.81. The summed E-state index contributed by atoms with van der Waals surface area (Å²) in [4.78, 5) is 27.3. The number of ether oxygens (including phenoxy) is 1. The Morgan fingerprint density at radius 3 is 1.74 bits per heavy atom. The number of Topliss-reactive ketones (excluding diaryl/α,β-unsaturated/α-hetero) is 2. The normalized spacial score (nSPS) is 14.5. The zero-order valence-corrected chi connectivity index (χ0v) is 20.2. The van der Waals surface area contributed by atoms with E-state index in [1.165, 1.54) is 5.56 Å². The Labute approximate surface area is 206 Å². The number of hydrogen-bond acceptors (Lipinski definition) is 3. The summed E-state index contributed by atoms with van der Waals surface area (Å²) in [5.41, 5.74) is 6.25. The van der Waals surface area contributed by atoms with Crippen LogP contribution in [0.15, 0.2) is 103 Å². The average Bonchev–Trinajstić information content (AvgIpc) is 3.20. The van der Waals surface area contributed by atoms with Crippen LogP contribution in [0, 0.1) is 0 Å². The first-order chi connectivity index (χ1) is 16.9. The van der Waals surface area contributed by atoms with Crippen LogP contribution in [0.2, 0.25) is 0 Å². The predicted octanol–water partition coefficient (Wildman–Crippen LogP) is 7.20. The van der Waals surface area contributed by atoms with Crippen molar-refractivity contribution in [3.8, 4) is 11.1 Å². The van der Waals surface area contributed by atoms with Gasteiger partial charge in [0, 0.05) is 11.1 Å². The molecule has 0 aromatic heterocycles. The standard InChI is InChI=1S/C32H28O3/c1-32(2,3)26-20-12-19-25-27(26)23-17-10-11-18-24(23)30(25)35-31(28(33)21-13-6-4-7-14-21)29(34)22-15-8-5-9-16-22/h4-20,30-31H,1-3H3. The van der Waals surface area contributed by atoms with Crippen molar-refractivity contribution in [2.75, 3.05) is 0 Å². The number of benzene rings is 4. The minimum Gasteiger partial charge on any atom is -0.349 e. The fraction of sp³-hybridized carbons (Fsp3) is 0.188. The minimum absolute atomic E-state index is 0.0769. The molecule has 1 unspecified atom stereocenters. The van der Waals surface area contributed by atoms with Crippen LogP contribution in [-0.2, 0) is 10.2 Å². The summed E-state index contributed by atoms with van der Waals surface area (Å²) in [5.74, 6) is -0.672. The van der Waals surface area contributed by atoms with Crippen LogP contribution >= 0.6 is 0 Å². The SMILES string of the molecule is CC(C)(C)c1cccc2c1-c1ccccc1C2OC(C(=O)c1ccccc1)C(=O)c1ccccc1. The van der Waals surface area contributed by atoms with E-state index in [0.29, 0.717) is 11.1 Å². The molecule has 5 rings (SSSR count). The van der Waals surface area contributed by atoms with Gasteiger partial charge in [-0.25, -0.2) is 0 Å². The monoisotopic (exact) mass is 460 g/mol. The molecule has 0 saturated heterocycles. The first-order valence-electron chi connectivity index (χ1n) is 11.9. The number of rotatable bonds is 6. The van der Waals surface area contributed by atoms with Crippen molar-refractivity contribution >= 4 is 11.6 Å². The van der Waals surface area contributed by atoms with Crippen LogP contribution in [0.3, 0.4) is 0 Å². The Morgan fingerprint density at radius 1 is 0.657 bits per heavy atom. The molecule has 3 heteroatoms. The summed E-state index contributed by atoms with van der Waals surface area (Å²) >= 11 is 0. The van der Waals surface area contributed by atoms with E-state index >= 15 is 0 Å². The van der Waals surface area contributed by atoms with Crippen LogP contribution in [0.25, 0.3) is 11.1 Å². The van der Waals surface area contributed by atoms with Crippen molar-refractivity contribution in [3.05, 3.63) is 131 Å². The number of carbonyl (C=O) groups is 2. The predicted molar refractivity (Wildman–Crippen MR) is 139 cm³/mol. The zero-order chi connectivity index (χ0) is 24.6. The molecule has 0 heterocycles. The fourth-order valence-corrected chi connectivity index (χ4v) is 4.87. The summed E-state index contributed by atoms with van der Waals surface area (Å²) < 4.78 is 6.57. The molecular formula is C32H28O3. The summed E-state index contributed by atoms with van der Waals surface area (Å²) in [5, 5.41) is 0. The van der Waals surface area contributed by atoms with Crippen molar-refractivity contribution in [2.24, 2.45) is 0 Å². The Hall–Kier alpha value is -3.82. The van der Waals surface area contributed by atoms with Crippen molar-refractivity contribution in [1.82, 2.24) is 0 Å². The fourth-order valence-electron chi connectivity index (χ4n) is 4.87. The first-order valence-corrected chi connectivity index (χ1v) is 11.9. The molecule has 0 radical (unpaired) electrons. The van der Waals surface area contributed by atoms with Crippen LogP contribution in [-0.4, -0.2) is 17.7 Å². The van der Waals surface area contributed by atoms with E-state index < -0.39 is 12.2 Å². The quantitative estimate of drug-likeness (QED) is 0.226. The molecule has 0 N–H and O–H groups in total. The third-order valence-electron chi connectivity index (χ3n) is 6.56. The lowest BCUT2D eigenvalue weighted by Crippen LogP contribution is -2.34. The molecular weight excluding hydrogens is 432 g/mol. The molecule has 0 spiro atoms. The molecule has 4 aromatic carbocycles. The lowest BCUT2D eigenvalue weighted by Gasteiger charge is -2.24. The van der Waals surface area contributed by atoms with Crippen LogP contribution in [0.5, 0.6) is 0 Å². The highest BCUT2D eigenvalue weighted by molar-refractivity contribution is 6.18. The topological polar surface area (TPSA) is 43.4 Å². The van der Waals surface area contributed by atoms with Gasteiger partial charge in [0.15, 0.2) is 17.7 Å². The van der Waals surface area contributed by atoms with E-state index in [4.69, 9.17) is 4.74 Å². The summed E-state index contributed by atoms with van der Waals surface area (Å²) in [6.45, 7) is 6.58. The summed E-state index contributed by atoms with van der Waals surface area (Å²) in [6.07, 6.45) is -1.78. The van der Waals surface area contributed by atoms with Gasteiger partial charge in [0.25, 0.3) is 0 Å². The molecule has 1 aliphatic carbocycles. The molecule has 0 saturated carbocycles. The van der Waals surface area contributed by atoms with E-state index in [2.05, 4.69) is 32.9 Å². The highest BCUT2D eigenvalue weighted by Crippen LogP contribution is 2.49. The molecule has 3 nitrogen and oxygen atoms in total. The van der Waals surface area contributed by atoms with Crippen molar-refractivity contribution < 1.29 is 14.3 Å². The van der Waals surface area contributed by atoms with Crippen molar-refractivity contribution in [3.63, 3.8) is 0 Å². The maximum Gasteiger partial charge on any atom is 0.199 e. The molecule has 0 bridgehead atoms. The third-order valence-corrected chi connectivity index (χ3v) is 6.56. The van der Waals surface area contributed by atoms with Gasteiger partial charge in [-0.05, 0) is 33.2 Å². The molecule has 4 aromatic rings. The molecule has 0 aliphatic heterocycles. The smallest absolute Gasteiger partial charge is 0.199 e. The molecule has 0 fully saturated rings.